The fourth-order valence-electron chi connectivity index (χ4n) is 2.36. The highest BCUT2D eigenvalue weighted by molar-refractivity contribution is 5.84. The molecule has 0 radical (unpaired) electrons. The molecule has 1 heterocycles. The Kier molecular flexibility index (Phi) is 4.32. The Morgan fingerprint density at radius 3 is 2.72 bits per heavy atom. The minimum absolute atomic E-state index is 0.339. The van der Waals surface area contributed by atoms with E-state index < -0.39 is 0 Å². The van der Waals surface area contributed by atoms with Crippen molar-refractivity contribution in [3.8, 4) is 0 Å². The van der Waals surface area contributed by atoms with Gasteiger partial charge in [0.2, 0.25) is 0 Å². The zero-order valence-electron chi connectivity index (χ0n) is 11.5. The lowest BCUT2D eigenvalue weighted by Crippen LogP contribution is -2.20. The van der Waals surface area contributed by atoms with Gasteiger partial charge in [0.1, 0.15) is 0 Å². The van der Waals surface area contributed by atoms with Crippen LogP contribution in [0.4, 0.5) is 0 Å². The van der Waals surface area contributed by atoms with Gasteiger partial charge in [-0.15, -0.1) is 0 Å². The molecule has 0 saturated heterocycles. The molecule has 0 bridgehead atoms. The SMILES string of the molecule is CCC(C)CC(NC)c1nccc2ccccc12. The maximum Gasteiger partial charge on any atom is 0.0651 e. The van der Waals surface area contributed by atoms with E-state index in [2.05, 4.69) is 54.5 Å². The first-order valence-electron chi connectivity index (χ1n) is 6.77. The van der Waals surface area contributed by atoms with E-state index in [1.165, 1.54) is 22.9 Å². The number of hydrogen-bond acceptors (Lipinski definition) is 2. The molecule has 2 heteroatoms. The summed E-state index contributed by atoms with van der Waals surface area (Å²) in [5.74, 6) is 0.711. The molecule has 2 nitrogen and oxygen atoms in total. The second-order valence-corrected chi connectivity index (χ2v) is 5.01. The molecule has 96 valence electrons. The van der Waals surface area contributed by atoms with Gasteiger partial charge in [-0.05, 0) is 30.8 Å². The van der Waals surface area contributed by atoms with Crippen molar-refractivity contribution in [2.75, 3.05) is 7.05 Å². The van der Waals surface area contributed by atoms with Crippen molar-refractivity contribution >= 4 is 10.8 Å². The number of rotatable bonds is 5. The third-order valence-corrected chi connectivity index (χ3v) is 3.72. The zero-order chi connectivity index (χ0) is 13.0. The van der Waals surface area contributed by atoms with Crippen LogP contribution >= 0.6 is 0 Å². The van der Waals surface area contributed by atoms with Gasteiger partial charge in [0.15, 0.2) is 0 Å². The van der Waals surface area contributed by atoms with Crippen LogP contribution in [-0.2, 0) is 0 Å². The van der Waals surface area contributed by atoms with Crippen LogP contribution in [0.5, 0.6) is 0 Å². The highest BCUT2D eigenvalue weighted by Gasteiger charge is 2.16. The Morgan fingerprint density at radius 2 is 2.00 bits per heavy atom. The highest BCUT2D eigenvalue weighted by Crippen LogP contribution is 2.27. The summed E-state index contributed by atoms with van der Waals surface area (Å²) >= 11 is 0. The van der Waals surface area contributed by atoms with Gasteiger partial charge in [0, 0.05) is 11.6 Å². The Bertz CT molecular complexity index is 502. The molecule has 0 saturated carbocycles. The van der Waals surface area contributed by atoms with E-state index >= 15 is 0 Å². The maximum absolute atomic E-state index is 4.60. The topological polar surface area (TPSA) is 24.9 Å². The van der Waals surface area contributed by atoms with Crippen LogP contribution in [0.2, 0.25) is 0 Å². The summed E-state index contributed by atoms with van der Waals surface area (Å²) in [6.45, 7) is 4.55. The van der Waals surface area contributed by atoms with Crippen LogP contribution in [0.3, 0.4) is 0 Å². The molecule has 18 heavy (non-hydrogen) atoms. The molecule has 0 aliphatic carbocycles. The molecule has 0 spiro atoms. The Balaban J connectivity index is 2.38. The van der Waals surface area contributed by atoms with Crippen molar-refractivity contribution in [3.63, 3.8) is 0 Å². The summed E-state index contributed by atoms with van der Waals surface area (Å²) in [6.07, 6.45) is 4.26. The van der Waals surface area contributed by atoms with E-state index in [0.29, 0.717) is 12.0 Å². The second-order valence-electron chi connectivity index (χ2n) is 5.01. The molecular weight excluding hydrogens is 220 g/mol. The highest BCUT2D eigenvalue weighted by atomic mass is 14.9. The van der Waals surface area contributed by atoms with E-state index in [4.69, 9.17) is 0 Å². The van der Waals surface area contributed by atoms with Gasteiger partial charge in [-0.25, -0.2) is 0 Å². The van der Waals surface area contributed by atoms with Crippen LogP contribution in [0.15, 0.2) is 36.5 Å². The van der Waals surface area contributed by atoms with Crippen molar-refractivity contribution in [3.05, 3.63) is 42.2 Å². The molecule has 2 aromatic rings. The predicted molar refractivity (Wildman–Crippen MR) is 77.6 cm³/mol. The van der Waals surface area contributed by atoms with Crippen molar-refractivity contribution in [2.45, 2.75) is 32.7 Å². The Labute approximate surface area is 109 Å². The number of nitrogens with one attached hydrogen (secondary N) is 1. The first kappa shape index (κ1) is 13.0. The van der Waals surface area contributed by atoms with E-state index in [-0.39, 0.29) is 0 Å². The van der Waals surface area contributed by atoms with Crippen molar-refractivity contribution in [1.29, 1.82) is 0 Å². The number of nitrogens with zero attached hydrogens (tertiary/aromatic N) is 1. The first-order chi connectivity index (χ1) is 8.76. The van der Waals surface area contributed by atoms with Gasteiger partial charge in [-0.1, -0.05) is 44.5 Å². The molecule has 2 rings (SSSR count). The van der Waals surface area contributed by atoms with E-state index in [1.807, 2.05) is 13.2 Å². The fourth-order valence-corrected chi connectivity index (χ4v) is 2.36. The van der Waals surface area contributed by atoms with Crippen LogP contribution in [-0.4, -0.2) is 12.0 Å². The minimum atomic E-state index is 0.339. The molecule has 0 aliphatic heterocycles. The molecule has 1 aromatic heterocycles. The van der Waals surface area contributed by atoms with Gasteiger partial charge in [-0.2, -0.15) is 0 Å². The quantitative estimate of drug-likeness (QED) is 0.859. The molecule has 1 aromatic carbocycles. The average molecular weight is 242 g/mol. The lowest BCUT2D eigenvalue weighted by molar-refractivity contribution is 0.418. The number of pyridine rings is 1. The molecule has 1 N–H and O–H groups in total. The van der Waals surface area contributed by atoms with Crippen LogP contribution in [0.25, 0.3) is 10.8 Å². The summed E-state index contributed by atoms with van der Waals surface area (Å²) in [5, 5.41) is 5.95. The largest absolute Gasteiger partial charge is 0.312 e. The summed E-state index contributed by atoms with van der Waals surface area (Å²) in [6, 6.07) is 10.9. The normalized spacial score (nSPS) is 14.6. The number of benzene rings is 1. The molecule has 0 aliphatic rings. The summed E-state index contributed by atoms with van der Waals surface area (Å²) in [4.78, 5) is 4.60. The predicted octanol–water partition coefficient (Wildman–Crippen LogP) is 3.93. The van der Waals surface area contributed by atoms with Crippen LogP contribution in [0, 0.1) is 5.92 Å². The summed E-state index contributed by atoms with van der Waals surface area (Å²) in [7, 11) is 2.02. The van der Waals surface area contributed by atoms with Crippen molar-refractivity contribution < 1.29 is 0 Å². The Morgan fingerprint density at radius 1 is 1.22 bits per heavy atom. The number of fused-ring (bicyclic) bond motifs is 1. The lowest BCUT2D eigenvalue weighted by Gasteiger charge is -2.20. The monoisotopic (exact) mass is 242 g/mol. The van der Waals surface area contributed by atoms with Crippen molar-refractivity contribution in [2.24, 2.45) is 5.92 Å². The molecular formula is C16H22N2. The standard InChI is InChI=1S/C16H22N2/c1-4-12(2)11-15(17-3)16-14-8-6-5-7-13(14)9-10-18-16/h5-10,12,15,17H,4,11H2,1-3H3. The molecule has 0 amide bonds. The van der Waals surface area contributed by atoms with E-state index in [0.717, 1.165) is 6.42 Å². The minimum Gasteiger partial charge on any atom is -0.312 e. The van der Waals surface area contributed by atoms with E-state index in [1.54, 1.807) is 0 Å². The summed E-state index contributed by atoms with van der Waals surface area (Å²) in [5.41, 5.74) is 1.18. The molecule has 2 unspecified atom stereocenters. The summed E-state index contributed by atoms with van der Waals surface area (Å²) < 4.78 is 0. The average Bonchev–Trinajstić information content (AvgIpc) is 2.44. The van der Waals surface area contributed by atoms with E-state index in [9.17, 15) is 0 Å². The van der Waals surface area contributed by atoms with Crippen LogP contribution in [0.1, 0.15) is 38.4 Å². The van der Waals surface area contributed by atoms with Gasteiger partial charge < -0.3 is 5.32 Å². The second kappa shape index (κ2) is 5.96. The van der Waals surface area contributed by atoms with Gasteiger partial charge in [-0.3, -0.25) is 4.98 Å². The van der Waals surface area contributed by atoms with Gasteiger partial charge in [0.05, 0.1) is 11.7 Å². The van der Waals surface area contributed by atoms with Gasteiger partial charge in [0.25, 0.3) is 0 Å². The first-order valence-corrected chi connectivity index (χ1v) is 6.77. The smallest absolute Gasteiger partial charge is 0.0651 e. The van der Waals surface area contributed by atoms with Crippen LogP contribution < -0.4 is 5.32 Å². The maximum atomic E-state index is 4.60. The zero-order valence-corrected chi connectivity index (χ0v) is 11.5. The fraction of sp³-hybridized carbons (Fsp3) is 0.438. The molecule has 0 fully saturated rings. The number of hydrogen-bond donors (Lipinski definition) is 1. The third kappa shape index (κ3) is 2.70. The lowest BCUT2D eigenvalue weighted by atomic mass is 9.95. The Hall–Kier alpha value is -1.41. The third-order valence-electron chi connectivity index (χ3n) is 3.72. The van der Waals surface area contributed by atoms with Crippen molar-refractivity contribution in [1.82, 2.24) is 10.3 Å². The molecule has 2 atom stereocenters. The van der Waals surface area contributed by atoms with Gasteiger partial charge >= 0.3 is 0 Å². The number of aromatic nitrogens is 1.